The summed E-state index contributed by atoms with van der Waals surface area (Å²) in [4.78, 5) is 13.9. The number of hydrogen-bond donors (Lipinski definition) is 1. The van der Waals surface area contributed by atoms with Crippen molar-refractivity contribution in [1.82, 2.24) is 10.2 Å². The van der Waals surface area contributed by atoms with Crippen LogP contribution >= 0.6 is 0 Å². The maximum atomic E-state index is 12.0. The molecule has 0 radical (unpaired) electrons. The molecule has 20 heavy (non-hydrogen) atoms. The normalized spacial score (nSPS) is 16.4. The molecule has 3 nitrogen and oxygen atoms in total. The molecule has 1 heterocycles. The van der Waals surface area contributed by atoms with Crippen molar-refractivity contribution in [3.63, 3.8) is 0 Å². The van der Waals surface area contributed by atoms with Crippen molar-refractivity contribution in [2.75, 3.05) is 19.6 Å². The SMILES string of the molecule is CC(C)CNC(=O)N1CCC(Cc2ccccc2)CC1. The Morgan fingerprint density at radius 2 is 1.90 bits per heavy atom. The zero-order valence-electron chi connectivity index (χ0n) is 12.6. The summed E-state index contributed by atoms with van der Waals surface area (Å²) in [6.07, 6.45) is 3.37. The van der Waals surface area contributed by atoms with Crippen LogP contribution in [-0.4, -0.2) is 30.6 Å². The first-order valence-electron chi connectivity index (χ1n) is 7.72. The van der Waals surface area contributed by atoms with Crippen LogP contribution in [-0.2, 0) is 6.42 Å². The van der Waals surface area contributed by atoms with Crippen molar-refractivity contribution in [2.45, 2.75) is 33.1 Å². The molecule has 1 aliphatic rings. The fourth-order valence-electron chi connectivity index (χ4n) is 2.69. The van der Waals surface area contributed by atoms with E-state index in [4.69, 9.17) is 0 Å². The third-order valence-electron chi connectivity index (χ3n) is 3.93. The van der Waals surface area contributed by atoms with E-state index in [1.807, 2.05) is 4.90 Å². The first-order valence-corrected chi connectivity index (χ1v) is 7.72. The Morgan fingerprint density at radius 1 is 1.25 bits per heavy atom. The molecule has 0 spiro atoms. The highest BCUT2D eigenvalue weighted by molar-refractivity contribution is 5.74. The van der Waals surface area contributed by atoms with Gasteiger partial charge in [-0.2, -0.15) is 0 Å². The van der Waals surface area contributed by atoms with Crippen LogP contribution < -0.4 is 5.32 Å². The highest BCUT2D eigenvalue weighted by atomic mass is 16.2. The first-order chi connectivity index (χ1) is 9.65. The van der Waals surface area contributed by atoms with Crippen LogP contribution in [0.25, 0.3) is 0 Å². The van der Waals surface area contributed by atoms with Crippen LogP contribution in [0.15, 0.2) is 30.3 Å². The molecular weight excluding hydrogens is 248 g/mol. The van der Waals surface area contributed by atoms with E-state index in [-0.39, 0.29) is 6.03 Å². The summed E-state index contributed by atoms with van der Waals surface area (Å²) in [6.45, 7) is 6.78. The second kappa shape index (κ2) is 7.32. The molecule has 0 atom stereocenters. The van der Waals surface area contributed by atoms with E-state index >= 15 is 0 Å². The lowest BCUT2D eigenvalue weighted by Crippen LogP contribution is -2.45. The average Bonchev–Trinajstić information content (AvgIpc) is 2.46. The summed E-state index contributed by atoms with van der Waals surface area (Å²) in [7, 11) is 0. The summed E-state index contributed by atoms with van der Waals surface area (Å²) in [6, 6.07) is 10.8. The van der Waals surface area contributed by atoms with Gasteiger partial charge in [-0.1, -0.05) is 44.2 Å². The van der Waals surface area contributed by atoms with Crippen LogP contribution in [0.1, 0.15) is 32.3 Å². The Hall–Kier alpha value is -1.51. The molecule has 1 aromatic carbocycles. The summed E-state index contributed by atoms with van der Waals surface area (Å²) in [5, 5.41) is 3.00. The van der Waals surface area contributed by atoms with Gasteiger partial charge in [-0.3, -0.25) is 0 Å². The number of benzene rings is 1. The van der Waals surface area contributed by atoms with Crippen molar-refractivity contribution >= 4 is 6.03 Å². The van der Waals surface area contributed by atoms with Crippen molar-refractivity contribution in [2.24, 2.45) is 11.8 Å². The number of piperidine rings is 1. The molecule has 2 rings (SSSR count). The van der Waals surface area contributed by atoms with Crippen LogP contribution in [0.4, 0.5) is 4.79 Å². The number of amides is 2. The van der Waals surface area contributed by atoms with Gasteiger partial charge in [0, 0.05) is 19.6 Å². The molecule has 1 N–H and O–H groups in total. The van der Waals surface area contributed by atoms with Gasteiger partial charge in [-0.05, 0) is 36.7 Å². The van der Waals surface area contributed by atoms with E-state index in [1.165, 1.54) is 5.56 Å². The van der Waals surface area contributed by atoms with Gasteiger partial charge < -0.3 is 10.2 Å². The number of carbonyl (C=O) groups excluding carboxylic acids is 1. The average molecular weight is 274 g/mol. The minimum atomic E-state index is 0.108. The minimum absolute atomic E-state index is 0.108. The van der Waals surface area contributed by atoms with Gasteiger partial charge in [-0.15, -0.1) is 0 Å². The van der Waals surface area contributed by atoms with Gasteiger partial charge in [-0.25, -0.2) is 4.79 Å². The van der Waals surface area contributed by atoms with Crippen molar-refractivity contribution in [3.05, 3.63) is 35.9 Å². The number of carbonyl (C=O) groups is 1. The maximum absolute atomic E-state index is 12.0. The van der Waals surface area contributed by atoms with Crippen molar-refractivity contribution < 1.29 is 4.79 Å². The number of nitrogens with one attached hydrogen (secondary N) is 1. The maximum Gasteiger partial charge on any atom is 0.317 e. The molecule has 0 aromatic heterocycles. The highest BCUT2D eigenvalue weighted by Gasteiger charge is 2.22. The van der Waals surface area contributed by atoms with E-state index in [1.54, 1.807) is 0 Å². The molecular formula is C17H26N2O. The molecule has 1 aliphatic heterocycles. The highest BCUT2D eigenvalue weighted by Crippen LogP contribution is 2.21. The van der Waals surface area contributed by atoms with E-state index < -0.39 is 0 Å². The van der Waals surface area contributed by atoms with Crippen molar-refractivity contribution in [1.29, 1.82) is 0 Å². The fraction of sp³-hybridized carbons (Fsp3) is 0.588. The Labute approximate surface area is 122 Å². The predicted octanol–water partition coefficient (Wildman–Crippen LogP) is 3.31. The third kappa shape index (κ3) is 4.55. The molecule has 3 heteroatoms. The van der Waals surface area contributed by atoms with Crippen molar-refractivity contribution in [3.8, 4) is 0 Å². The molecule has 2 amide bonds. The Kier molecular flexibility index (Phi) is 5.45. The van der Waals surface area contributed by atoms with Gasteiger partial charge >= 0.3 is 6.03 Å². The monoisotopic (exact) mass is 274 g/mol. The Morgan fingerprint density at radius 3 is 2.50 bits per heavy atom. The number of likely N-dealkylation sites (tertiary alicyclic amines) is 1. The van der Waals surface area contributed by atoms with Gasteiger partial charge in [0.05, 0.1) is 0 Å². The fourth-order valence-corrected chi connectivity index (χ4v) is 2.69. The van der Waals surface area contributed by atoms with Crippen LogP contribution in [0, 0.1) is 11.8 Å². The molecule has 0 bridgehead atoms. The summed E-state index contributed by atoms with van der Waals surface area (Å²) in [5.74, 6) is 1.22. The van der Waals surface area contributed by atoms with Crippen LogP contribution in [0.3, 0.4) is 0 Å². The second-order valence-corrected chi connectivity index (χ2v) is 6.20. The van der Waals surface area contributed by atoms with Gasteiger partial charge in [0.1, 0.15) is 0 Å². The minimum Gasteiger partial charge on any atom is -0.338 e. The molecule has 0 unspecified atom stereocenters. The summed E-state index contributed by atoms with van der Waals surface area (Å²) < 4.78 is 0. The van der Waals surface area contributed by atoms with Crippen LogP contribution in [0.2, 0.25) is 0 Å². The Balaban J connectivity index is 1.73. The zero-order valence-corrected chi connectivity index (χ0v) is 12.6. The molecule has 1 aromatic rings. The van der Waals surface area contributed by atoms with Gasteiger partial charge in [0.2, 0.25) is 0 Å². The lowest BCUT2D eigenvalue weighted by Gasteiger charge is -2.32. The lowest BCUT2D eigenvalue weighted by molar-refractivity contribution is 0.169. The summed E-state index contributed by atoms with van der Waals surface area (Å²) in [5.41, 5.74) is 1.41. The number of rotatable bonds is 4. The zero-order chi connectivity index (χ0) is 14.4. The number of nitrogens with zero attached hydrogens (tertiary/aromatic N) is 1. The quantitative estimate of drug-likeness (QED) is 0.897. The third-order valence-corrected chi connectivity index (χ3v) is 3.93. The first kappa shape index (κ1) is 14.9. The van der Waals surface area contributed by atoms with E-state index in [9.17, 15) is 4.79 Å². The largest absolute Gasteiger partial charge is 0.338 e. The topological polar surface area (TPSA) is 32.3 Å². The van der Waals surface area contributed by atoms with E-state index in [0.29, 0.717) is 11.8 Å². The predicted molar refractivity (Wildman–Crippen MR) is 82.7 cm³/mol. The smallest absolute Gasteiger partial charge is 0.317 e. The molecule has 0 saturated carbocycles. The molecule has 110 valence electrons. The second-order valence-electron chi connectivity index (χ2n) is 6.20. The molecule has 1 fully saturated rings. The number of urea groups is 1. The number of hydrogen-bond acceptors (Lipinski definition) is 1. The standard InChI is InChI=1S/C17H26N2O/c1-14(2)13-18-17(20)19-10-8-16(9-11-19)12-15-6-4-3-5-7-15/h3-7,14,16H,8-13H2,1-2H3,(H,18,20). The van der Waals surface area contributed by atoms with Crippen LogP contribution in [0.5, 0.6) is 0 Å². The van der Waals surface area contributed by atoms with E-state index in [0.717, 1.165) is 38.9 Å². The lowest BCUT2D eigenvalue weighted by atomic mass is 9.90. The van der Waals surface area contributed by atoms with E-state index in [2.05, 4.69) is 49.5 Å². The molecule has 1 saturated heterocycles. The van der Waals surface area contributed by atoms with Gasteiger partial charge in [0.15, 0.2) is 0 Å². The summed E-state index contributed by atoms with van der Waals surface area (Å²) >= 11 is 0. The van der Waals surface area contributed by atoms with Gasteiger partial charge in [0.25, 0.3) is 0 Å². The molecule has 0 aliphatic carbocycles. The Bertz CT molecular complexity index is 408.